The molecule has 1 aromatic rings. The highest BCUT2D eigenvalue weighted by molar-refractivity contribution is 6.29. The summed E-state index contributed by atoms with van der Waals surface area (Å²) in [4.78, 5) is 14.3. The number of halogens is 2. The van der Waals surface area contributed by atoms with Crippen molar-refractivity contribution in [1.29, 1.82) is 0 Å². The quantitative estimate of drug-likeness (QED) is 0.920. The molecule has 2 heterocycles. The van der Waals surface area contributed by atoms with Gasteiger partial charge < -0.3 is 15.2 Å². The molecule has 2 aliphatic rings. The van der Waals surface area contributed by atoms with Gasteiger partial charge in [-0.2, -0.15) is 0 Å². The van der Waals surface area contributed by atoms with Gasteiger partial charge in [-0.15, -0.1) is 12.4 Å². The highest BCUT2D eigenvalue weighted by Crippen LogP contribution is 2.37. The van der Waals surface area contributed by atoms with E-state index in [0.29, 0.717) is 29.9 Å². The van der Waals surface area contributed by atoms with Gasteiger partial charge in [0.05, 0.1) is 5.69 Å². The minimum absolute atomic E-state index is 0. The second-order valence-electron chi connectivity index (χ2n) is 5.98. The molecule has 7 heteroatoms. The molecule has 1 amide bonds. The molecule has 2 N–H and O–H groups in total. The highest BCUT2D eigenvalue weighted by atomic mass is 35.5. The molecule has 0 radical (unpaired) electrons. The van der Waals surface area contributed by atoms with Crippen LogP contribution in [-0.2, 0) is 11.2 Å². The van der Waals surface area contributed by atoms with Gasteiger partial charge in [0.2, 0.25) is 11.1 Å². The van der Waals surface area contributed by atoms with Gasteiger partial charge in [-0.1, -0.05) is 5.16 Å². The fourth-order valence-electron chi connectivity index (χ4n) is 3.54. The Kier molecular flexibility index (Phi) is 5.17. The highest BCUT2D eigenvalue weighted by Gasteiger charge is 2.42. The van der Waals surface area contributed by atoms with Crippen LogP contribution in [0.3, 0.4) is 0 Å². The van der Waals surface area contributed by atoms with E-state index in [1.165, 1.54) is 0 Å². The number of aromatic nitrogens is 1. The van der Waals surface area contributed by atoms with Crippen LogP contribution in [0.2, 0.25) is 5.22 Å². The summed E-state index contributed by atoms with van der Waals surface area (Å²) in [7, 11) is 0. The lowest BCUT2D eigenvalue weighted by Crippen LogP contribution is -2.33. The predicted octanol–water partition coefficient (Wildman–Crippen LogP) is 2.19. The second-order valence-corrected chi connectivity index (χ2v) is 6.33. The Morgan fingerprint density at radius 3 is 2.86 bits per heavy atom. The lowest BCUT2D eigenvalue weighted by atomic mass is 9.98. The molecule has 3 atom stereocenters. The Bertz CT molecular complexity index is 501. The van der Waals surface area contributed by atoms with Crippen molar-refractivity contribution in [2.45, 2.75) is 38.6 Å². The maximum Gasteiger partial charge on any atom is 0.229 e. The first-order valence-corrected chi connectivity index (χ1v) is 7.58. The number of fused-ring (bicyclic) bond motifs is 1. The molecule has 3 unspecified atom stereocenters. The van der Waals surface area contributed by atoms with Crippen LogP contribution in [0, 0.1) is 18.8 Å². The molecule has 0 aromatic carbocycles. The molecule has 1 saturated heterocycles. The lowest BCUT2D eigenvalue weighted by molar-refractivity contribution is -0.130. The Balaban J connectivity index is 0.00000161. The Morgan fingerprint density at radius 1 is 1.48 bits per heavy atom. The van der Waals surface area contributed by atoms with E-state index in [2.05, 4.69) is 5.16 Å². The number of aryl methyl sites for hydroxylation is 1. The van der Waals surface area contributed by atoms with Crippen molar-refractivity contribution in [2.75, 3.05) is 13.1 Å². The number of hydrogen-bond acceptors (Lipinski definition) is 4. The van der Waals surface area contributed by atoms with E-state index in [9.17, 15) is 4.79 Å². The zero-order chi connectivity index (χ0) is 14.3. The van der Waals surface area contributed by atoms with Crippen LogP contribution in [0.4, 0.5) is 0 Å². The Hall–Kier alpha value is -0.780. The van der Waals surface area contributed by atoms with Crippen LogP contribution in [0.5, 0.6) is 0 Å². The molecule has 1 aliphatic heterocycles. The van der Waals surface area contributed by atoms with E-state index in [1.54, 1.807) is 0 Å². The van der Waals surface area contributed by atoms with Crippen molar-refractivity contribution in [3.05, 3.63) is 16.5 Å². The number of carbonyl (C=O) groups is 1. The van der Waals surface area contributed by atoms with Gasteiger partial charge in [-0.25, -0.2) is 0 Å². The summed E-state index contributed by atoms with van der Waals surface area (Å²) in [6.07, 6.45) is 3.31. The molecular formula is C14H21Cl2N3O2. The van der Waals surface area contributed by atoms with Gasteiger partial charge >= 0.3 is 0 Å². The summed E-state index contributed by atoms with van der Waals surface area (Å²) in [5.41, 5.74) is 7.71. The van der Waals surface area contributed by atoms with Crippen molar-refractivity contribution in [3.8, 4) is 0 Å². The molecule has 118 valence electrons. The summed E-state index contributed by atoms with van der Waals surface area (Å²) >= 11 is 5.91. The van der Waals surface area contributed by atoms with Gasteiger partial charge in [0.15, 0.2) is 0 Å². The van der Waals surface area contributed by atoms with Crippen molar-refractivity contribution in [1.82, 2.24) is 10.1 Å². The van der Waals surface area contributed by atoms with Crippen LogP contribution in [0.1, 0.15) is 30.5 Å². The SMILES string of the molecule is Cc1noc(Cl)c1CCC(=O)N1CC2CCC(N)C2C1.Cl. The predicted molar refractivity (Wildman–Crippen MR) is 82.6 cm³/mol. The molecule has 1 aromatic heterocycles. The Labute approximate surface area is 135 Å². The van der Waals surface area contributed by atoms with Gasteiger partial charge in [0.1, 0.15) is 0 Å². The van der Waals surface area contributed by atoms with E-state index in [0.717, 1.165) is 37.2 Å². The third-order valence-electron chi connectivity index (χ3n) is 4.79. The average Bonchev–Trinajstić information content (AvgIpc) is 3.06. The first kappa shape index (κ1) is 16.6. The maximum absolute atomic E-state index is 12.3. The molecule has 5 nitrogen and oxygen atoms in total. The monoisotopic (exact) mass is 333 g/mol. The standard InChI is InChI=1S/C14H20ClN3O2.ClH/c1-8-10(14(15)20-17-8)3-5-13(19)18-6-9-2-4-12(16)11(9)7-18;/h9,11-12H,2-7,16H2,1H3;1H. The molecular weight excluding hydrogens is 313 g/mol. The van der Waals surface area contributed by atoms with Crippen LogP contribution >= 0.6 is 24.0 Å². The number of amides is 1. The van der Waals surface area contributed by atoms with E-state index < -0.39 is 0 Å². The van der Waals surface area contributed by atoms with Crippen molar-refractivity contribution in [2.24, 2.45) is 17.6 Å². The summed E-state index contributed by atoms with van der Waals surface area (Å²) in [6.45, 7) is 3.53. The smallest absolute Gasteiger partial charge is 0.229 e. The summed E-state index contributed by atoms with van der Waals surface area (Å²) in [5, 5.41) is 4.10. The molecule has 0 bridgehead atoms. The number of nitrogens with two attached hydrogens (primary N) is 1. The van der Waals surface area contributed by atoms with Crippen LogP contribution < -0.4 is 5.73 Å². The molecule has 1 saturated carbocycles. The minimum atomic E-state index is 0. The number of hydrogen-bond donors (Lipinski definition) is 1. The maximum atomic E-state index is 12.3. The summed E-state index contributed by atoms with van der Waals surface area (Å²) < 4.78 is 4.90. The fraction of sp³-hybridized carbons (Fsp3) is 0.714. The first-order chi connectivity index (χ1) is 9.56. The zero-order valence-corrected chi connectivity index (χ0v) is 13.6. The molecule has 3 rings (SSSR count). The van der Waals surface area contributed by atoms with E-state index in [1.807, 2.05) is 11.8 Å². The van der Waals surface area contributed by atoms with E-state index >= 15 is 0 Å². The van der Waals surface area contributed by atoms with Crippen molar-refractivity contribution >= 4 is 29.9 Å². The molecule has 21 heavy (non-hydrogen) atoms. The number of likely N-dealkylation sites (tertiary alicyclic amines) is 1. The van der Waals surface area contributed by atoms with Gasteiger partial charge in [0.25, 0.3) is 0 Å². The lowest BCUT2D eigenvalue weighted by Gasteiger charge is -2.18. The molecule has 1 aliphatic carbocycles. The fourth-order valence-corrected chi connectivity index (χ4v) is 3.81. The number of rotatable bonds is 3. The summed E-state index contributed by atoms with van der Waals surface area (Å²) in [5.74, 6) is 1.29. The van der Waals surface area contributed by atoms with Crippen molar-refractivity contribution < 1.29 is 9.32 Å². The topological polar surface area (TPSA) is 72.4 Å². The van der Waals surface area contributed by atoms with E-state index in [4.69, 9.17) is 21.9 Å². The molecule has 0 spiro atoms. The van der Waals surface area contributed by atoms with E-state index in [-0.39, 0.29) is 24.4 Å². The van der Waals surface area contributed by atoms with Crippen molar-refractivity contribution in [3.63, 3.8) is 0 Å². The van der Waals surface area contributed by atoms with Crippen LogP contribution in [0.15, 0.2) is 4.52 Å². The number of nitrogens with zero attached hydrogens (tertiary/aromatic N) is 2. The Morgan fingerprint density at radius 2 is 2.24 bits per heavy atom. The molecule has 2 fully saturated rings. The second kappa shape index (κ2) is 6.55. The van der Waals surface area contributed by atoms with Gasteiger partial charge in [0, 0.05) is 31.1 Å². The normalized spacial score (nSPS) is 27.6. The largest absolute Gasteiger partial charge is 0.344 e. The summed E-state index contributed by atoms with van der Waals surface area (Å²) in [6, 6.07) is 0.271. The van der Waals surface area contributed by atoms with Gasteiger partial charge in [-0.05, 0) is 49.6 Å². The average molecular weight is 334 g/mol. The zero-order valence-electron chi connectivity index (χ0n) is 12.0. The third-order valence-corrected chi connectivity index (χ3v) is 5.09. The van der Waals surface area contributed by atoms with Gasteiger partial charge in [-0.3, -0.25) is 4.79 Å². The van der Waals surface area contributed by atoms with Crippen LogP contribution in [0.25, 0.3) is 0 Å². The van der Waals surface area contributed by atoms with Crippen LogP contribution in [-0.4, -0.2) is 35.1 Å². The number of carbonyl (C=O) groups excluding carboxylic acids is 1. The third kappa shape index (κ3) is 3.20. The minimum Gasteiger partial charge on any atom is -0.344 e. The first-order valence-electron chi connectivity index (χ1n) is 7.20.